The molecule has 0 fully saturated rings. The Balaban J connectivity index is 1.74. The molecule has 1 unspecified atom stereocenters. The van der Waals surface area contributed by atoms with Crippen LogP contribution in [0.5, 0.6) is 0 Å². The van der Waals surface area contributed by atoms with E-state index in [1.54, 1.807) is 24.4 Å². The fourth-order valence-electron chi connectivity index (χ4n) is 3.30. The standard InChI is InChI=1S/C24H18F3N3O3S2/c1-15-7-10-18(11-8-15)30(35(32)33)21-13-17(24(25,26)27)9-12-19(21)22(31)29-23-28-20(14-34-23)16-5-3-2-4-6-16/h2-14H,1H3,(H,32,33)(H,28,29,31). The molecule has 0 bridgehead atoms. The Bertz CT molecular complexity index is 1370. The number of anilines is 3. The summed E-state index contributed by atoms with van der Waals surface area (Å²) >= 11 is -1.62. The molecule has 11 heteroatoms. The Morgan fingerprint density at radius 3 is 2.37 bits per heavy atom. The van der Waals surface area contributed by atoms with E-state index in [0.29, 0.717) is 11.8 Å². The highest BCUT2D eigenvalue weighted by atomic mass is 32.2. The number of halogens is 3. The maximum Gasteiger partial charge on any atom is 0.416 e. The van der Waals surface area contributed by atoms with Gasteiger partial charge in [-0.2, -0.15) is 13.2 Å². The van der Waals surface area contributed by atoms with Crippen LogP contribution in [0.25, 0.3) is 11.3 Å². The van der Waals surface area contributed by atoms with Crippen molar-refractivity contribution in [3.63, 3.8) is 0 Å². The van der Waals surface area contributed by atoms with Crippen molar-refractivity contribution in [3.8, 4) is 11.3 Å². The summed E-state index contributed by atoms with van der Waals surface area (Å²) in [6, 6.07) is 17.9. The molecule has 0 aliphatic rings. The molecular formula is C24H18F3N3O3S2. The van der Waals surface area contributed by atoms with Crippen LogP contribution in [0.2, 0.25) is 0 Å². The van der Waals surface area contributed by atoms with Gasteiger partial charge in [0.25, 0.3) is 17.2 Å². The van der Waals surface area contributed by atoms with Crippen molar-refractivity contribution >= 4 is 45.0 Å². The first-order valence-corrected chi connectivity index (χ1v) is 12.1. The Kier molecular flexibility index (Phi) is 7.01. The third-order valence-electron chi connectivity index (χ3n) is 5.01. The van der Waals surface area contributed by atoms with Crippen molar-refractivity contribution in [1.29, 1.82) is 0 Å². The molecule has 0 saturated carbocycles. The molecule has 35 heavy (non-hydrogen) atoms. The molecular weight excluding hydrogens is 499 g/mol. The molecule has 0 aliphatic heterocycles. The highest BCUT2D eigenvalue weighted by molar-refractivity contribution is 7.81. The van der Waals surface area contributed by atoms with Crippen molar-refractivity contribution in [3.05, 3.63) is 94.9 Å². The molecule has 1 atom stereocenters. The molecule has 180 valence electrons. The van der Waals surface area contributed by atoms with Crippen LogP contribution in [-0.4, -0.2) is 19.7 Å². The van der Waals surface area contributed by atoms with Crippen molar-refractivity contribution in [2.24, 2.45) is 0 Å². The van der Waals surface area contributed by atoms with Gasteiger partial charge in [-0.3, -0.25) is 14.7 Å². The van der Waals surface area contributed by atoms with Crippen molar-refractivity contribution in [2.45, 2.75) is 13.1 Å². The van der Waals surface area contributed by atoms with Gasteiger partial charge >= 0.3 is 6.18 Å². The van der Waals surface area contributed by atoms with Crippen LogP contribution in [0.3, 0.4) is 0 Å². The van der Waals surface area contributed by atoms with E-state index in [1.165, 1.54) is 12.1 Å². The van der Waals surface area contributed by atoms with E-state index in [1.807, 2.05) is 30.3 Å². The Labute approximate surface area is 205 Å². The van der Waals surface area contributed by atoms with Gasteiger partial charge in [-0.1, -0.05) is 48.0 Å². The van der Waals surface area contributed by atoms with Gasteiger partial charge in [-0.15, -0.1) is 11.3 Å². The lowest BCUT2D eigenvalue weighted by molar-refractivity contribution is -0.137. The van der Waals surface area contributed by atoms with E-state index in [0.717, 1.165) is 38.9 Å². The van der Waals surface area contributed by atoms with Gasteiger partial charge in [0.05, 0.1) is 28.2 Å². The molecule has 1 amide bonds. The normalized spacial score (nSPS) is 12.3. The van der Waals surface area contributed by atoms with Crippen molar-refractivity contribution in [2.75, 3.05) is 9.62 Å². The minimum Gasteiger partial charge on any atom is -0.298 e. The smallest absolute Gasteiger partial charge is 0.298 e. The van der Waals surface area contributed by atoms with E-state index in [-0.39, 0.29) is 22.1 Å². The minimum atomic E-state index is -4.72. The number of nitrogens with one attached hydrogen (secondary N) is 1. The zero-order chi connectivity index (χ0) is 25.2. The zero-order valence-corrected chi connectivity index (χ0v) is 19.7. The molecule has 4 aromatic rings. The maximum atomic E-state index is 13.5. The lowest BCUT2D eigenvalue weighted by Crippen LogP contribution is -2.24. The van der Waals surface area contributed by atoms with Gasteiger partial charge in [0.1, 0.15) is 0 Å². The second-order valence-corrected chi connectivity index (χ2v) is 9.13. The molecule has 0 spiro atoms. The number of carbonyl (C=O) groups excluding carboxylic acids is 1. The number of amides is 1. The number of alkyl halides is 3. The predicted octanol–water partition coefficient (Wildman–Crippen LogP) is 6.66. The van der Waals surface area contributed by atoms with Crippen LogP contribution in [0.15, 0.2) is 78.2 Å². The first-order chi connectivity index (χ1) is 16.6. The number of benzene rings is 3. The summed E-state index contributed by atoms with van der Waals surface area (Å²) in [5.41, 5.74) is 0.784. The minimum absolute atomic E-state index is 0.144. The molecule has 0 saturated heterocycles. The van der Waals surface area contributed by atoms with Crippen molar-refractivity contribution in [1.82, 2.24) is 4.98 Å². The van der Waals surface area contributed by atoms with Crippen LogP contribution < -0.4 is 9.62 Å². The topological polar surface area (TPSA) is 82.5 Å². The molecule has 4 rings (SSSR count). The van der Waals surface area contributed by atoms with Crippen LogP contribution in [-0.2, 0) is 17.4 Å². The second kappa shape index (κ2) is 9.98. The van der Waals surface area contributed by atoms with Crippen molar-refractivity contribution < 1.29 is 26.7 Å². The number of thiazole rings is 1. The first-order valence-electron chi connectivity index (χ1n) is 10.1. The van der Waals surface area contributed by atoms with Gasteiger partial charge in [-0.05, 0) is 37.3 Å². The number of nitrogens with zero attached hydrogens (tertiary/aromatic N) is 2. The maximum absolute atomic E-state index is 13.5. The van der Waals surface area contributed by atoms with E-state index < -0.39 is 28.9 Å². The van der Waals surface area contributed by atoms with E-state index >= 15 is 0 Å². The van der Waals surface area contributed by atoms with E-state index in [4.69, 9.17) is 0 Å². The third kappa shape index (κ3) is 5.59. The summed E-state index contributed by atoms with van der Waals surface area (Å²) < 4.78 is 63.4. The lowest BCUT2D eigenvalue weighted by Gasteiger charge is -2.24. The summed E-state index contributed by atoms with van der Waals surface area (Å²) in [4.78, 5) is 17.5. The Morgan fingerprint density at radius 2 is 1.74 bits per heavy atom. The Hall–Kier alpha value is -3.54. The van der Waals surface area contributed by atoms with Crippen LogP contribution in [0.1, 0.15) is 21.5 Å². The molecule has 6 nitrogen and oxygen atoms in total. The summed E-state index contributed by atoms with van der Waals surface area (Å²) in [5, 5.41) is 4.55. The van der Waals surface area contributed by atoms with Gasteiger partial charge in [0, 0.05) is 10.9 Å². The first kappa shape index (κ1) is 24.6. The average molecular weight is 518 g/mol. The molecule has 2 N–H and O–H groups in total. The van der Waals surface area contributed by atoms with Gasteiger partial charge in [0.15, 0.2) is 5.13 Å². The van der Waals surface area contributed by atoms with Gasteiger partial charge < -0.3 is 0 Å². The zero-order valence-electron chi connectivity index (χ0n) is 18.1. The van der Waals surface area contributed by atoms with E-state index in [9.17, 15) is 26.7 Å². The quantitative estimate of drug-likeness (QED) is 0.280. The number of hydrogen-bond donors (Lipinski definition) is 2. The summed E-state index contributed by atoms with van der Waals surface area (Å²) in [5.74, 6) is -0.773. The number of aryl methyl sites for hydroxylation is 1. The summed E-state index contributed by atoms with van der Waals surface area (Å²) in [6.45, 7) is 1.80. The average Bonchev–Trinajstić information content (AvgIpc) is 3.28. The number of carbonyl (C=O) groups is 1. The van der Waals surface area contributed by atoms with Crippen LogP contribution >= 0.6 is 11.3 Å². The van der Waals surface area contributed by atoms with Crippen LogP contribution in [0, 0.1) is 6.92 Å². The summed E-state index contributed by atoms with van der Waals surface area (Å²) in [6.07, 6.45) is -4.72. The highest BCUT2D eigenvalue weighted by Crippen LogP contribution is 2.37. The lowest BCUT2D eigenvalue weighted by atomic mass is 10.1. The molecule has 3 aromatic carbocycles. The van der Waals surface area contributed by atoms with Gasteiger partial charge in [-0.25, -0.2) is 13.5 Å². The molecule has 0 radical (unpaired) electrons. The number of rotatable bonds is 6. The summed E-state index contributed by atoms with van der Waals surface area (Å²) in [7, 11) is 0. The highest BCUT2D eigenvalue weighted by Gasteiger charge is 2.33. The van der Waals surface area contributed by atoms with Gasteiger partial charge in [0.2, 0.25) is 0 Å². The Morgan fingerprint density at radius 1 is 1.06 bits per heavy atom. The fraction of sp³-hybridized carbons (Fsp3) is 0.0833. The number of aromatic nitrogens is 1. The molecule has 1 heterocycles. The van der Waals surface area contributed by atoms with Crippen LogP contribution in [0.4, 0.5) is 29.7 Å². The molecule has 1 aromatic heterocycles. The fourth-order valence-corrected chi connectivity index (χ4v) is 4.63. The largest absolute Gasteiger partial charge is 0.416 e. The number of hydrogen-bond acceptors (Lipinski definition) is 4. The van der Waals surface area contributed by atoms with E-state index in [2.05, 4.69) is 10.3 Å². The monoisotopic (exact) mass is 517 g/mol. The predicted molar refractivity (Wildman–Crippen MR) is 131 cm³/mol. The second-order valence-electron chi connectivity index (χ2n) is 7.45. The molecule has 0 aliphatic carbocycles. The SMILES string of the molecule is Cc1ccc(N(c2cc(C(F)(F)F)ccc2C(=O)Nc2nc(-c3ccccc3)cs2)S(=O)O)cc1. The third-order valence-corrected chi connectivity index (χ3v) is 6.48.